The fourth-order valence-electron chi connectivity index (χ4n) is 2.71. The van der Waals surface area contributed by atoms with E-state index in [9.17, 15) is 14.7 Å². The minimum Gasteiger partial charge on any atom is -0.467 e. The van der Waals surface area contributed by atoms with Crippen molar-refractivity contribution in [1.82, 2.24) is 5.32 Å². The Morgan fingerprint density at radius 2 is 1.86 bits per heavy atom. The summed E-state index contributed by atoms with van der Waals surface area (Å²) < 4.78 is 18.8. The number of rotatable bonds is 6. The molecule has 1 saturated heterocycles. The zero-order valence-electron chi connectivity index (χ0n) is 15.0. The molecule has 8 nitrogen and oxygen atoms in total. The number of carbonyl (C=O) groups excluding carboxylic acids is 2. The van der Waals surface area contributed by atoms with Gasteiger partial charge >= 0.3 is 5.97 Å². The zero-order valence-corrected chi connectivity index (χ0v) is 17.3. The summed E-state index contributed by atoms with van der Waals surface area (Å²) in [4.78, 5) is 24.1. The van der Waals surface area contributed by atoms with Gasteiger partial charge in [-0.2, -0.15) is 0 Å². The van der Waals surface area contributed by atoms with E-state index in [-0.39, 0.29) is 6.61 Å². The van der Waals surface area contributed by atoms with Crippen LogP contribution in [-0.4, -0.2) is 65.6 Å². The Balaban J connectivity index is 2.27. The topological polar surface area (TPSA) is 103 Å². The number of aliphatic hydroxyl groups excluding tert-OH is 1. The minimum absolute atomic E-state index is 0.0764. The van der Waals surface area contributed by atoms with E-state index in [1.807, 2.05) is 30.3 Å². The molecule has 1 aromatic carbocycles. The van der Waals surface area contributed by atoms with E-state index in [2.05, 4.69) is 10.1 Å². The largest absolute Gasteiger partial charge is 0.467 e. The number of aliphatic hydroxyl groups is 1. The number of ether oxygens (including phenoxy) is 4. The maximum absolute atomic E-state index is 12.1. The Morgan fingerprint density at radius 1 is 1.21 bits per heavy atom. The smallest absolute Gasteiger partial charge is 0.337 e. The molecule has 11 heteroatoms. The van der Waals surface area contributed by atoms with Crippen LogP contribution in [0.3, 0.4) is 0 Å². The van der Waals surface area contributed by atoms with E-state index < -0.39 is 46.3 Å². The highest BCUT2D eigenvalue weighted by molar-refractivity contribution is 6.76. The minimum atomic E-state index is -2.26. The molecule has 0 bridgehead atoms. The lowest BCUT2D eigenvalue weighted by atomic mass is 9.96. The van der Waals surface area contributed by atoms with Gasteiger partial charge in [0.25, 0.3) is 9.70 Å². The number of esters is 1. The molecular weight excluding hydrogens is 437 g/mol. The van der Waals surface area contributed by atoms with Crippen LogP contribution in [0.4, 0.5) is 0 Å². The molecule has 1 amide bonds. The summed E-state index contributed by atoms with van der Waals surface area (Å²) in [5, 5.41) is 13.1. The molecule has 1 aliphatic heterocycles. The Hall–Kier alpha value is -1.13. The molecule has 5 atom stereocenters. The molecule has 0 saturated carbocycles. The van der Waals surface area contributed by atoms with Crippen LogP contribution in [0.25, 0.3) is 0 Å². The molecule has 28 heavy (non-hydrogen) atoms. The molecule has 0 radical (unpaired) electrons. The van der Waals surface area contributed by atoms with Gasteiger partial charge in [0, 0.05) is 7.11 Å². The molecule has 1 aromatic rings. The standard InChI is InChI=1S/C17H20Cl3NO7/c1-25-14(23)13-11(22)12(27-8-9-6-4-3-5-7-9)10(15(26-2)28-13)21-16(24)17(18,19)20/h3-7,10-13,15,22H,8H2,1-2H3,(H,21,24)/t10-,11-,12-,13-,15-/m1/s1. The highest BCUT2D eigenvalue weighted by Gasteiger charge is 2.51. The van der Waals surface area contributed by atoms with Gasteiger partial charge in [-0.05, 0) is 5.56 Å². The van der Waals surface area contributed by atoms with E-state index in [4.69, 9.17) is 49.0 Å². The molecule has 1 aliphatic rings. The van der Waals surface area contributed by atoms with Gasteiger partial charge in [0.05, 0.1) is 13.7 Å². The molecule has 0 unspecified atom stereocenters. The first kappa shape index (κ1) is 23.2. The fraction of sp³-hybridized carbons (Fsp3) is 0.529. The summed E-state index contributed by atoms with van der Waals surface area (Å²) in [6.07, 6.45) is -5.18. The summed E-state index contributed by atoms with van der Waals surface area (Å²) in [6, 6.07) is 8.02. The number of halogens is 3. The second-order valence-corrected chi connectivity index (χ2v) is 8.21. The van der Waals surface area contributed by atoms with Crippen molar-refractivity contribution in [2.24, 2.45) is 0 Å². The predicted octanol–water partition coefficient (Wildman–Crippen LogP) is 1.33. The highest BCUT2D eigenvalue weighted by atomic mass is 35.6. The molecule has 156 valence electrons. The van der Waals surface area contributed by atoms with E-state index >= 15 is 0 Å². The summed E-state index contributed by atoms with van der Waals surface area (Å²) in [6.45, 7) is 0.0764. The SMILES string of the molecule is COC(=O)[C@@H]1O[C@@H](OC)[C@H](NC(=O)C(Cl)(Cl)Cl)[C@@H](OCc2ccccc2)[C@H]1O. The van der Waals surface area contributed by atoms with Crippen molar-refractivity contribution in [3.05, 3.63) is 35.9 Å². The normalized spacial score (nSPS) is 27.9. The van der Waals surface area contributed by atoms with Crippen LogP contribution in [-0.2, 0) is 35.1 Å². The summed E-state index contributed by atoms with van der Waals surface area (Å²) in [7, 11) is 2.44. The maximum Gasteiger partial charge on any atom is 0.337 e. The van der Waals surface area contributed by atoms with Crippen LogP contribution in [0.2, 0.25) is 0 Å². The third-order valence-corrected chi connectivity index (χ3v) is 4.60. The third kappa shape index (κ3) is 5.70. The number of nitrogens with one attached hydrogen (secondary N) is 1. The van der Waals surface area contributed by atoms with Gasteiger partial charge in [-0.25, -0.2) is 4.79 Å². The van der Waals surface area contributed by atoms with Gasteiger partial charge in [0.15, 0.2) is 12.4 Å². The summed E-state index contributed by atoms with van der Waals surface area (Å²) in [5.41, 5.74) is 0.802. The number of alkyl halides is 3. The summed E-state index contributed by atoms with van der Waals surface area (Å²) in [5.74, 6) is -1.79. The van der Waals surface area contributed by atoms with Crippen LogP contribution in [0.5, 0.6) is 0 Å². The van der Waals surface area contributed by atoms with Gasteiger partial charge in [0.1, 0.15) is 18.2 Å². The van der Waals surface area contributed by atoms with Crippen molar-refractivity contribution in [3.8, 4) is 0 Å². The number of hydrogen-bond donors (Lipinski definition) is 2. The number of carbonyl (C=O) groups is 2. The molecule has 2 N–H and O–H groups in total. The van der Waals surface area contributed by atoms with Crippen LogP contribution >= 0.6 is 34.8 Å². The molecule has 0 spiro atoms. The van der Waals surface area contributed by atoms with Crippen molar-refractivity contribution >= 4 is 46.7 Å². The van der Waals surface area contributed by atoms with E-state index in [0.29, 0.717) is 0 Å². The van der Waals surface area contributed by atoms with Crippen molar-refractivity contribution < 1.29 is 33.6 Å². The van der Waals surface area contributed by atoms with Gasteiger partial charge < -0.3 is 29.4 Å². The van der Waals surface area contributed by atoms with Gasteiger partial charge in [-0.1, -0.05) is 65.1 Å². The average Bonchev–Trinajstić information content (AvgIpc) is 2.67. The lowest BCUT2D eigenvalue weighted by molar-refractivity contribution is -0.266. The molecule has 1 fully saturated rings. The van der Waals surface area contributed by atoms with Gasteiger partial charge in [-0.15, -0.1) is 0 Å². The lowest BCUT2D eigenvalue weighted by Crippen LogP contribution is -2.67. The zero-order chi connectivity index (χ0) is 20.9. The molecule has 0 aliphatic carbocycles. The Bertz CT molecular complexity index is 670. The first-order valence-electron chi connectivity index (χ1n) is 8.16. The van der Waals surface area contributed by atoms with E-state index in [1.54, 1.807) is 0 Å². The van der Waals surface area contributed by atoms with Crippen LogP contribution in [0.1, 0.15) is 5.56 Å². The number of hydrogen-bond acceptors (Lipinski definition) is 7. The van der Waals surface area contributed by atoms with Crippen molar-refractivity contribution in [1.29, 1.82) is 0 Å². The first-order chi connectivity index (χ1) is 13.2. The Morgan fingerprint density at radius 3 is 2.39 bits per heavy atom. The monoisotopic (exact) mass is 455 g/mol. The molecule has 1 heterocycles. The maximum atomic E-state index is 12.1. The molecule has 0 aromatic heterocycles. The van der Waals surface area contributed by atoms with Crippen LogP contribution < -0.4 is 5.32 Å². The van der Waals surface area contributed by atoms with Gasteiger partial charge in [-0.3, -0.25) is 4.79 Å². The van der Waals surface area contributed by atoms with Crippen LogP contribution in [0, 0.1) is 0 Å². The van der Waals surface area contributed by atoms with Crippen molar-refractivity contribution in [2.45, 2.75) is 41.0 Å². The average molecular weight is 457 g/mol. The molecular formula is C17H20Cl3NO7. The van der Waals surface area contributed by atoms with Crippen molar-refractivity contribution in [3.63, 3.8) is 0 Å². The quantitative estimate of drug-likeness (QED) is 0.492. The fourth-order valence-corrected chi connectivity index (χ4v) is 2.88. The Labute approximate surface area is 176 Å². The highest BCUT2D eigenvalue weighted by Crippen LogP contribution is 2.30. The Kier molecular flexibility index (Phi) is 8.32. The van der Waals surface area contributed by atoms with Crippen LogP contribution in [0.15, 0.2) is 30.3 Å². The summed E-state index contributed by atoms with van der Waals surface area (Å²) >= 11 is 16.8. The molecule has 2 rings (SSSR count). The second-order valence-electron chi connectivity index (χ2n) is 5.93. The van der Waals surface area contributed by atoms with Gasteiger partial charge in [0.2, 0.25) is 0 Å². The second kappa shape index (κ2) is 10.1. The number of amides is 1. The lowest BCUT2D eigenvalue weighted by Gasteiger charge is -2.43. The predicted molar refractivity (Wildman–Crippen MR) is 101 cm³/mol. The van der Waals surface area contributed by atoms with Crippen molar-refractivity contribution in [2.75, 3.05) is 14.2 Å². The number of benzene rings is 1. The third-order valence-electron chi connectivity index (χ3n) is 4.08. The number of methoxy groups -OCH3 is 2. The first-order valence-corrected chi connectivity index (χ1v) is 9.29. The van der Waals surface area contributed by atoms with E-state index in [0.717, 1.165) is 12.7 Å². The van der Waals surface area contributed by atoms with E-state index in [1.165, 1.54) is 7.11 Å².